The summed E-state index contributed by atoms with van der Waals surface area (Å²) in [6.45, 7) is 8.39. The SMILES string of the molecule is C[Si](C)(C)O[Si](C)(c1ccc(C(=O)O)cc1)c1ccc(C(=O)O)cc1. The number of hydrogen-bond acceptors (Lipinski definition) is 3. The zero-order chi connectivity index (χ0) is 18.8. The van der Waals surface area contributed by atoms with Gasteiger partial charge in [0.25, 0.3) is 0 Å². The summed E-state index contributed by atoms with van der Waals surface area (Å²) in [5.41, 5.74) is 0.462. The molecule has 0 heterocycles. The highest BCUT2D eigenvalue weighted by molar-refractivity contribution is 7.01. The van der Waals surface area contributed by atoms with Crippen molar-refractivity contribution in [2.75, 3.05) is 0 Å². The molecule has 0 aliphatic rings. The Morgan fingerprint density at radius 3 is 1.28 bits per heavy atom. The summed E-state index contributed by atoms with van der Waals surface area (Å²) in [5, 5.41) is 20.1. The molecule has 0 atom stereocenters. The summed E-state index contributed by atoms with van der Waals surface area (Å²) >= 11 is 0. The van der Waals surface area contributed by atoms with E-state index in [1.165, 1.54) is 0 Å². The van der Waals surface area contributed by atoms with Crippen molar-refractivity contribution in [3.63, 3.8) is 0 Å². The van der Waals surface area contributed by atoms with Crippen molar-refractivity contribution in [3.05, 3.63) is 59.7 Å². The fourth-order valence-corrected chi connectivity index (χ4v) is 10.5. The number of rotatable bonds is 6. The lowest BCUT2D eigenvalue weighted by Gasteiger charge is -2.35. The topological polar surface area (TPSA) is 83.8 Å². The predicted molar refractivity (Wildman–Crippen MR) is 102 cm³/mol. The Kier molecular flexibility index (Phi) is 5.31. The molecule has 0 fully saturated rings. The van der Waals surface area contributed by atoms with Crippen molar-refractivity contribution in [1.29, 1.82) is 0 Å². The van der Waals surface area contributed by atoms with Gasteiger partial charge < -0.3 is 14.3 Å². The van der Waals surface area contributed by atoms with Crippen LogP contribution in [0.1, 0.15) is 20.7 Å². The van der Waals surface area contributed by atoms with Crippen molar-refractivity contribution in [2.45, 2.75) is 26.2 Å². The van der Waals surface area contributed by atoms with Crippen LogP contribution in [0.5, 0.6) is 0 Å². The smallest absolute Gasteiger partial charge is 0.335 e. The Hall–Kier alpha value is -2.23. The fraction of sp³-hybridized carbons (Fsp3) is 0.222. The van der Waals surface area contributed by atoms with E-state index in [0.29, 0.717) is 0 Å². The minimum atomic E-state index is -2.58. The quantitative estimate of drug-likeness (QED) is 0.760. The maximum atomic E-state index is 11.1. The minimum absolute atomic E-state index is 0.231. The van der Waals surface area contributed by atoms with Crippen LogP contribution in [0, 0.1) is 0 Å². The van der Waals surface area contributed by atoms with Gasteiger partial charge in [-0.2, -0.15) is 0 Å². The number of carboxylic acid groups (broad SMARTS) is 2. The van der Waals surface area contributed by atoms with Crippen molar-refractivity contribution < 1.29 is 23.9 Å². The van der Waals surface area contributed by atoms with Gasteiger partial charge in [-0.3, -0.25) is 0 Å². The molecule has 2 rings (SSSR count). The highest BCUT2D eigenvalue weighted by atomic mass is 28.4. The number of benzene rings is 2. The molecule has 2 N–H and O–H groups in total. The molecule has 132 valence electrons. The summed E-state index contributed by atoms with van der Waals surface area (Å²) in [6.07, 6.45) is 0. The summed E-state index contributed by atoms with van der Waals surface area (Å²) in [4.78, 5) is 22.2. The molecule has 0 amide bonds. The maximum Gasteiger partial charge on any atom is 0.335 e. The summed E-state index contributed by atoms with van der Waals surface area (Å²) in [7, 11) is -4.48. The first-order chi connectivity index (χ1) is 11.5. The molecule has 25 heavy (non-hydrogen) atoms. The number of aromatic carboxylic acids is 2. The van der Waals surface area contributed by atoms with Crippen LogP contribution in [0.2, 0.25) is 26.2 Å². The molecular formula is C18H22O5Si2. The Balaban J connectivity index is 2.53. The second-order valence-corrected chi connectivity index (χ2v) is 15.3. The molecule has 0 saturated heterocycles. The molecular weight excluding hydrogens is 352 g/mol. The lowest BCUT2D eigenvalue weighted by Crippen LogP contribution is -2.62. The normalized spacial score (nSPS) is 12.0. The zero-order valence-electron chi connectivity index (χ0n) is 14.7. The molecule has 0 radical (unpaired) electrons. The molecule has 0 spiro atoms. The molecule has 5 nitrogen and oxygen atoms in total. The van der Waals surface area contributed by atoms with E-state index in [0.717, 1.165) is 10.4 Å². The maximum absolute atomic E-state index is 11.1. The van der Waals surface area contributed by atoms with Gasteiger partial charge in [0, 0.05) is 0 Å². The van der Waals surface area contributed by atoms with Crippen LogP contribution in [0.15, 0.2) is 48.5 Å². The second kappa shape index (κ2) is 6.95. The first kappa shape index (κ1) is 19.1. The Bertz CT molecular complexity index is 719. The molecule has 0 saturated carbocycles. The Morgan fingerprint density at radius 1 is 0.720 bits per heavy atom. The molecule has 2 aromatic rings. The standard InChI is InChI=1S/C18H22O5Si2/c1-24(2,3)23-25(4,15-9-5-13(6-10-15)17(19)20)16-11-7-14(8-12-16)18(21)22/h5-12H,1-4H3,(H,19,20)(H,21,22). The highest BCUT2D eigenvalue weighted by Crippen LogP contribution is 2.16. The summed E-state index contributed by atoms with van der Waals surface area (Å²) in [6, 6.07) is 13.6. The van der Waals surface area contributed by atoms with E-state index in [-0.39, 0.29) is 11.1 Å². The average molecular weight is 375 g/mol. The first-order valence-corrected chi connectivity index (χ1v) is 13.7. The molecule has 2 aromatic carbocycles. The van der Waals surface area contributed by atoms with Crippen LogP contribution in [-0.2, 0) is 4.12 Å². The van der Waals surface area contributed by atoms with Gasteiger partial charge >= 0.3 is 11.9 Å². The summed E-state index contributed by atoms with van der Waals surface area (Å²) < 4.78 is 6.58. The molecule has 7 heteroatoms. The third-order valence-electron chi connectivity index (χ3n) is 3.88. The average Bonchev–Trinajstić information content (AvgIpc) is 2.53. The van der Waals surface area contributed by atoms with Crippen LogP contribution in [-0.4, -0.2) is 38.8 Å². The Labute approximate surface area is 149 Å². The minimum Gasteiger partial charge on any atom is -0.478 e. The van der Waals surface area contributed by atoms with Gasteiger partial charge in [0.15, 0.2) is 8.32 Å². The Morgan fingerprint density at radius 2 is 1.04 bits per heavy atom. The molecule has 0 aliphatic heterocycles. The van der Waals surface area contributed by atoms with Crippen molar-refractivity contribution in [3.8, 4) is 0 Å². The van der Waals surface area contributed by atoms with E-state index < -0.39 is 28.6 Å². The zero-order valence-corrected chi connectivity index (χ0v) is 16.7. The highest BCUT2D eigenvalue weighted by Gasteiger charge is 2.38. The van der Waals surface area contributed by atoms with E-state index in [1.807, 2.05) is 0 Å². The fourth-order valence-electron chi connectivity index (χ4n) is 2.76. The largest absolute Gasteiger partial charge is 0.478 e. The monoisotopic (exact) mass is 374 g/mol. The van der Waals surface area contributed by atoms with Crippen molar-refractivity contribution >= 4 is 38.9 Å². The van der Waals surface area contributed by atoms with Gasteiger partial charge in [-0.05, 0) is 60.8 Å². The number of carbonyl (C=O) groups is 2. The van der Waals surface area contributed by atoms with Gasteiger partial charge in [-0.25, -0.2) is 9.59 Å². The van der Waals surface area contributed by atoms with E-state index in [4.69, 9.17) is 14.3 Å². The van der Waals surface area contributed by atoms with E-state index in [9.17, 15) is 9.59 Å². The molecule has 0 aromatic heterocycles. The van der Waals surface area contributed by atoms with Crippen LogP contribution >= 0.6 is 0 Å². The van der Waals surface area contributed by atoms with Gasteiger partial charge in [0.1, 0.15) is 0 Å². The molecule has 0 bridgehead atoms. The van der Waals surface area contributed by atoms with Gasteiger partial charge in [0.2, 0.25) is 8.32 Å². The second-order valence-electron chi connectivity index (χ2n) is 7.01. The third-order valence-corrected chi connectivity index (χ3v) is 10.8. The first-order valence-electron chi connectivity index (χ1n) is 7.91. The van der Waals surface area contributed by atoms with Crippen molar-refractivity contribution in [1.82, 2.24) is 0 Å². The summed E-state index contributed by atoms with van der Waals surface area (Å²) in [5.74, 6) is -1.93. The molecule has 0 unspecified atom stereocenters. The molecule has 0 aliphatic carbocycles. The van der Waals surface area contributed by atoms with Gasteiger partial charge in [0.05, 0.1) is 11.1 Å². The number of hydrogen-bond donors (Lipinski definition) is 2. The van der Waals surface area contributed by atoms with Crippen LogP contribution in [0.25, 0.3) is 0 Å². The van der Waals surface area contributed by atoms with Gasteiger partial charge in [-0.1, -0.05) is 24.3 Å². The predicted octanol–water partition coefficient (Wildman–Crippen LogP) is 2.62. The van der Waals surface area contributed by atoms with Crippen LogP contribution < -0.4 is 10.4 Å². The number of carboxylic acids is 2. The van der Waals surface area contributed by atoms with Crippen LogP contribution in [0.3, 0.4) is 0 Å². The lowest BCUT2D eigenvalue weighted by molar-refractivity contribution is 0.0686. The van der Waals surface area contributed by atoms with E-state index in [2.05, 4.69) is 26.2 Å². The lowest BCUT2D eigenvalue weighted by atomic mass is 10.2. The van der Waals surface area contributed by atoms with E-state index >= 15 is 0 Å². The van der Waals surface area contributed by atoms with Gasteiger partial charge in [-0.15, -0.1) is 0 Å². The van der Waals surface area contributed by atoms with Crippen LogP contribution in [0.4, 0.5) is 0 Å². The third kappa shape index (κ3) is 4.44. The van der Waals surface area contributed by atoms with E-state index in [1.54, 1.807) is 48.5 Å². The van der Waals surface area contributed by atoms with Crippen molar-refractivity contribution in [2.24, 2.45) is 0 Å².